The molecule has 0 unspecified atom stereocenters. The quantitative estimate of drug-likeness (QED) is 0.845. The predicted octanol–water partition coefficient (Wildman–Crippen LogP) is 2.97. The lowest BCUT2D eigenvalue weighted by Crippen LogP contribution is -2.41. The molecule has 0 bridgehead atoms. The lowest BCUT2D eigenvalue weighted by molar-refractivity contribution is -0.118. The van der Waals surface area contributed by atoms with E-state index in [1.165, 1.54) is 5.69 Å². The van der Waals surface area contributed by atoms with Crippen LogP contribution >= 0.6 is 0 Å². The lowest BCUT2D eigenvalue weighted by Gasteiger charge is -2.34. The van der Waals surface area contributed by atoms with Gasteiger partial charge in [0.15, 0.2) is 0 Å². The third-order valence-electron chi connectivity index (χ3n) is 6.42. The van der Waals surface area contributed by atoms with Crippen LogP contribution in [0.15, 0.2) is 18.3 Å². The van der Waals surface area contributed by atoms with Crippen LogP contribution in [0.1, 0.15) is 48.3 Å². The molecule has 2 aromatic rings. The van der Waals surface area contributed by atoms with Crippen LogP contribution in [0.3, 0.4) is 0 Å². The normalized spacial score (nSPS) is 21.7. The van der Waals surface area contributed by atoms with E-state index in [-0.39, 0.29) is 18.1 Å². The molecule has 0 spiro atoms. The number of carbonyl (C=O) groups is 1. The standard InChI is InChI=1S/C22H29N5O2/c1-15-16(2)27(13-18-6-5-11-29-18)22(19(15)12-23)24-21(28)14-26-10-9-25-8-4-7-20(25)17(26)3/h4,7-8,17-18H,5-6,9-11,13-14H2,1-3H3,(H,24,28)/t17-,18+/m0/s1. The van der Waals surface area contributed by atoms with Crippen molar-refractivity contribution in [2.24, 2.45) is 0 Å². The number of nitrogens with zero attached hydrogens (tertiary/aromatic N) is 4. The molecular weight excluding hydrogens is 366 g/mol. The summed E-state index contributed by atoms with van der Waals surface area (Å²) < 4.78 is 10.1. The first-order valence-electron chi connectivity index (χ1n) is 10.4. The number of anilines is 1. The van der Waals surface area contributed by atoms with Gasteiger partial charge in [-0.25, -0.2) is 0 Å². The number of ether oxygens (including phenoxy) is 1. The Kier molecular flexibility index (Phi) is 5.48. The van der Waals surface area contributed by atoms with Crippen LogP contribution in [0.25, 0.3) is 0 Å². The second-order valence-electron chi connectivity index (χ2n) is 8.11. The summed E-state index contributed by atoms with van der Waals surface area (Å²) in [6, 6.07) is 6.63. The molecule has 0 aliphatic carbocycles. The monoisotopic (exact) mass is 395 g/mol. The molecular formula is C22H29N5O2. The van der Waals surface area contributed by atoms with Gasteiger partial charge >= 0.3 is 0 Å². The van der Waals surface area contributed by atoms with Gasteiger partial charge in [-0.2, -0.15) is 5.26 Å². The Morgan fingerprint density at radius 3 is 2.93 bits per heavy atom. The van der Waals surface area contributed by atoms with E-state index in [2.05, 4.69) is 46.1 Å². The van der Waals surface area contributed by atoms with Gasteiger partial charge in [0.25, 0.3) is 0 Å². The van der Waals surface area contributed by atoms with Crippen LogP contribution in [0.5, 0.6) is 0 Å². The van der Waals surface area contributed by atoms with Crippen molar-refractivity contribution in [2.45, 2.75) is 58.8 Å². The van der Waals surface area contributed by atoms with Gasteiger partial charge in [0.1, 0.15) is 11.9 Å². The highest BCUT2D eigenvalue weighted by Gasteiger charge is 2.27. The first-order chi connectivity index (χ1) is 14.0. The van der Waals surface area contributed by atoms with Crippen LogP contribution in [0.2, 0.25) is 0 Å². The number of nitriles is 1. The van der Waals surface area contributed by atoms with Crippen LogP contribution in [-0.4, -0.2) is 45.7 Å². The van der Waals surface area contributed by atoms with Crippen LogP contribution in [0.4, 0.5) is 5.82 Å². The average molecular weight is 396 g/mol. The Labute approximate surface area is 171 Å². The van der Waals surface area contributed by atoms with Gasteiger partial charge in [-0.1, -0.05) is 0 Å². The molecule has 2 aliphatic rings. The van der Waals surface area contributed by atoms with E-state index in [0.29, 0.717) is 24.5 Å². The topological polar surface area (TPSA) is 75.2 Å². The summed E-state index contributed by atoms with van der Waals surface area (Å²) in [6.45, 7) is 9.54. The number of hydrogen-bond acceptors (Lipinski definition) is 4. The van der Waals surface area contributed by atoms with Gasteiger partial charge in [-0.3, -0.25) is 9.69 Å². The molecule has 7 heteroatoms. The molecule has 154 valence electrons. The van der Waals surface area contributed by atoms with E-state index in [1.807, 2.05) is 18.4 Å². The zero-order valence-corrected chi connectivity index (χ0v) is 17.4. The molecule has 0 saturated carbocycles. The summed E-state index contributed by atoms with van der Waals surface area (Å²) in [7, 11) is 0. The van der Waals surface area contributed by atoms with Gasteiger partial charge in [0.2, 0.25) is 5.91 Å². The molecule has 1 N–H and O–H groups in total. The summed E-state index contributed by atoms with van der Waals surface area (Å²) >= 11 is 0. The van der Waals surface area contributed by atoms with Crippen molar-refractivity contribution in [3.63, 3.8) is 0 Å². The third-order valence-corrected chi connectivity index (χ3v) is 6.42. The summed E-state index contributed by atoms with van der Waals surface area (Å²) in [6.07, 6.45) is 4.30. The van der Waals surface area contributed by atoms with Gasteiger partial charge < -0.3 is 19.2 Å². The fraction of sp³-hybridized carbons (Fsp3) is 0.545. The molecule has 2 aromatic heterocycles. The highest BCUT2D eigenvalue weighted by molar-refractivity contribution is 5.93. The molecule has 1 fully saturated rings. The van der Waals surface area contributed by atoms with Crippen molar-refractivity contribution in [2.75, 3.05) is 25.0 Å². The minimum absolute atomic E-state index is 0.0838. The fourth-order valence-corrected chi connectivity index (χ4v) is 4.55. The number of aromatic nitrogens is 2. The van der Waals surface area contributed by atoms with E-state index in [9.17, 15) is 10.1 Å². The molecule has 29 heavy (non-hydrogen) atoms. The van der Waals surface area contributed by atoms with E-state index >= 15 is 0 Å². The second-order valence-corrected chi connectivity index (χ2v) is 8.11. The Balaban J connectivity index is 1.52. The maximum Gasteiger partial charge on any atom is 0.239 e. The molecule has 0 aromatic carbocycles. The van der Waals surface area contributed by atoms with E-state index in [1.54, 1.807) is 0 Å². The highest BCUT2D eigenvalue weighted by Crippen LogP contribution is 2.29. The Morgan fingerprint density at radius 1 is 1.38 bits per heavy atom. The van der Waals surface area contributed by atoms with Crippen LogP contribution in [0, 0.1) is 25.2 Å². The first kappa shape index (κ1) is 19.7. The van der Waals surface area contributed by atoms with E-state index in [0.717, 1.165) is 43.8 Å². The SMILES string of the molecule is Cc1c(C#N)c(NC(=O)CN2CCn3cccc3[C@@H]2C)n(C[C@H]2CCCO2)c1C. The smallest absolute Gasteiger partial charge is 0.239 e. The van der Waals surface area contributed by atoms with Gasteiger partial charge in [0.05, 0.1) is 24.8 Å². The summed E-state index contributed by atoms with van der Waals surface area (Å²) in [5.74, 6) is 0.524. The number of rotatable bonds is 5. The van der Waals surface area contributed by atoms with Gasteiger partial charge in [-0.05, 0) is 51.3 Å². The Morgan fingerprint density at radius 2 is 2.21 bits per heavy atom. The first-order valence-corrected chi connectivity index (χ1v) is 10.4. The third kappa shape index (κ3) is 3.70. The Hall–Kier alpha value is -2.56. The molecule has 0 radical (unpaired) electrons. The van der Waals surface area contributed by atoms with Crippen molar-refractivity contribution >= 4 is 11.7 Å². The second kappa shape index (κ2) is 8.05. The summed E-state index contributed by atoms with van der Waals surface area (Å²) in [5, 5.41) is 12.7. The number of hydrogen-bond donors (Lipinski definition) is 1. The van der Waals surface area contributed by atoms with Crippen molar-refractivity contribution in [3.8, 4) is 6.07 Å². The summed E-state index contributed by atoms with van der Waals surface area (Å²) in [4.78, 5) is 15.1. The molecule has 4 heterocycles. The van der Waals surface area contributed by atoms with Crippen LogP contribution in [-0.2, 0) is 22.6 Å². The minimum Gasteiger partial charge on any atom is -0.376 e. The fourth-order valence-electron chi connectivity index (χ4n) is 4.55. The molecule has 2 atom stereocenters. The van der Waals surface area contributed by atoms with E-state index < -0.39 is 0 Å². The Bertz CT molecular complexity index is 945. The minimum atomic E-state index is -0.0838. The van der Waals surface area contributed by atoms with Gasteiger partial charge in [0, 0.05) is 43.3 Å². The zero-order valence-electron chi connectivity index (χ0n) is 17.4. The lowest BCUT2D eigenvalue weighted by atomic mass is 10.1. The molecule has 2 aliphatic heterocycles. The number of amides is 1. The average Bonchev–Trinajstić information content (AvgIpc) is 3.42. The number of fused-ring (bicyclic) bond motifs is 1. The largest absolute Gasteiger partial charge is 0.376 e. The summed E-state index contributed by atoms with van der Waals surface area (Å²) in [5.41, 5.74) is 3.71. The molecule has 7 nitrogen and oxygen atoms in total. The molecule has 1 amide bonds. The zero-order chi connectivity index (χ0) is 20.5. The van der Waals surface area contributed by atoms with Crippen molar-refractivity contribution < 1.29 is 9.53 Å². The molecule has 4 rings (SSSR count). The van der Waals surface area contributed by atoms with Gasteiger partial charge in [-0.15, -0.1) is 0 Å². The van der Waals surface area contributed by atoms with Crippen LogP contribution < -0.4 is 5.32 Å². The molecule has 1 saturated heterocycles. The number of nitrogens with one attached hydrogen (secondary N) is 1. The van der Waals surface area contributed by atoms with E-state index in [4.69, 9.17) is 4.74 Å². The predicted molar refractivity (Wildman–Crippen MR) is 111 cm³/mol. The van der Waals surface area contributed by atoms with Crippen molar-refractivity contribution in [1.29, 1.82) is 5.26 Å². The van der Waals surface area contributed by atoms with Crippen molar-refractivity contribution in [3.05, 3.63) is 40.8 Å². The highest BCUT2D eigenvalue weighted by atomic mass is 16.5. The van der Waals surface area contributed by atoms with Crippen molar-refractivity contribution in [1.82, 2.24) is 14.0 Å². The maximum atomic E-state index is 12.9. The maximum absolute atomic E-state index is 12.9. The number of carbonyl (C=O) groups excluding carboxylic acids is 1.